The van der Waals surface area contributed by atoms with E-state index >= 15 is 0 Å². The van der Waals surface area contributed by atoms with Crippen molar-refractivity contribution in [3.63, 3.8) is 0 Å². The van der Waals surface area contributed by atoms with Gasteiger partial charge in [0, 0.05) is 23.8 Å². The van der Waals surface area contributed by atoms with Crippen LogP contribution in [0.1, 0.15) is 42.4 Å². The second kappa shape index (κ2) is 7.07. The van der Waals surface area contributed by atoms with Gasteiger partial charge in [0.2, 0.25) is 0 Å². The Hall–Kier alpha value is -0.810. The van der Waals surface area contributed by atoms with Gasteiger partial charge in [-0.1, -0.05) is 37.1 Å². The molecule has 1 aliphatic carbocycles. The van der Waals surface area contributed by atoms with Gasteiger partial charge in [-0.15, -0.1) is 23.1 Å². The highest BCUT2D eigenvalue weighted by atomic mass is 32.2. The van der Waals surface area contributed by atoms with Crippen LogP contribution in [-0.4, -0.2) is 30.6 Å². The van der Waals surface area contributed by atoms with Crippen molar-refractivity contribution in [3.05, 3.63) is 52.4 Å². The lowest BCUT2D eigenvalue weighted by molar-refractivity contribution is -0.0359. The summed E-state index contributed by atoms with van der Waals surface area (Å²) in [7, 11) is 4.31. The summed E-state index contributed by atoms with van der Waals surface area (Å²) in [5.74, 6) is 1.78. The zero-order chi connectivity index (χ0) is 17.4. The molecule has 1 aromatic carbocycles. The Morgan fingerprint density at radius 1 is 1.12 bits per heavy atom. The van der Waals surface area contributed by atoms with Gasteiger partial charge in [-0.05, 0) is 55.4 Å². The van der Waals surface area contributed by atoms with Crippen molar-refractivity contribution in [2.75, 3.05) is 20.6 Å². The second-order valence-electron chi connectivity index (χ2n) is 7.75. The molecule has 134 valence electrons. The lowest BCUT2D eigenvalue weighted by atomic mass is 9.64. The first-order chi connectivity index (χ1) is 12.1. The zero-order valence-corrected chi connectivity index (χ0v) is 16.7. The monoisotopic (exact) mass is 373 g/mol. The van der Waals surface area contributed by atoms with E-state index in [4.69, 9.17) is 0 Å². The molecular weight excluding hydrogens is 346 g/mol. The van der Waals surface area contributed by atoms with Crippen molar-refractivity contribution >= 4 is 23.1 Å². The quantitative estimate of drug-likeness (QED) is 0.823. The van der Waals surface area contributed by atoms with Crippen LogP contribution in [0.5, 0.6) is 0 Å². The van der Waals surface area contributed by atoms with E-state index in [0.717, 1.165) is 29.8 Å². The third-order valence-electron chi connectivity index (χ3n) is 5.87. The van der Waals surface area contributed by atoms with E-state index in [9.17, 15) is 5.11 Å². The number of thioether (sulfide) groups is 1. The van der Waals surface area contributed by atoms with Gasteiger partial charge in [0.15, 0.2) is 0 Å². The van der Waals surface area contributed by atoms with Gasteiger partial charge in [-0.2, -0.15) is 0 Å². The Bertz CT molecular complexity index is 741. The van der Waals surface area contributed by atoms with Crippen LogP contribution in [0.2, 0.25) is 0 Å². The van der Waals surface area contributed by atoms with Crippen molar-refractivity contribution in [2.24, 2.45) is 11.8 Å². The number of fused-ring (bicyclic) bond motifs is 2. The molecule has 25 heavy (non-hydrogen) atoms. The average Bonchev–Trinajstić information content (AvgIpc) is 3.04. The van der Waals surface area contributed by atoms with Crippen molar-refractivity contribution in [2.45, 2.75) is 41.2 Å². The fourth-order valence-corrected chi connectivity index (χ4v) is 7.05. The second-order valence-corrected chi connectivity index (χ2v) is 9.91. The van der Waals surface area contributed by atoms with Crippen LogP contribution in [0.15, 0.2) is 39.9 Å². The summed E-state index contributed by atoms with van der Waals surface area (Å²) in [5, 5.41) is 14.5. The van der Waals surface area contributed by atoms with E-state index in [1.807, 2.05) is 11.8 Å². The van der Waals surface area contributed by atoms with E-state index in [1.165, 1.54) is 29.0 Å². The van der Waals surface area contributed by atoms with Crippen LogP contribution in [-0.2, 0) is 11.4 Å². The Morgan fingerprint density at radius 3 is 2.76 bits per heavy atom. The Balaban J connectivity index is 1.86. The van der Waals surface area contributed by atoms with Crippen LogP contribution in [0.3, 0.4) is 0 Å². The smallest absolute Gasteiger partial charge is 0.120 e. The summed E-state index contributed by atoms with van der Waals surface area (Å²) >= 11 is 3.67. The minimum atomic E-state index is -0.851. The van der Waals surface area contributed by atoms with E-state index in [2.05, 4.69) is 54.7 Å². The highest BCUT2D eigenvalue weighted by Gasteiger charge is 2.48. The summed E-state index contributed by atoms with van der Waals surface area (Å²) < 4.78 is 1.30. The molecule has 0 spiro atoms. The number of aliphatic hydroxyl groups is 1. The Labute approximate surface area is 159 Å². The zero-order valence-electron chi connectivity index (χ0n) is 15.1. The third kappa shape index (κ3) is 3.08. The first kappa shape index (κ1) is 17.6. The number of thiophene rings is 1. The maximum atomic E-state index is 12.3. The summed E-state index contributed by atoms with van der Waals surface area (Å²) in [4.78, 5) is 2.29. The minimum absolute atomic E-state index is 0.289. The summed E-state index contributed by atoms with van der Waals surface area (Å²) in [5.41, 5.74) is 2.75. The SMILES string of the molecule is CN(C)C[C@@H]1CCCC[C@@H]1[C@]1(O)c2ccccc2CSc2sccc21. The molecule has 1 fully saturated rings. The predicted molar refractivity (Wildman–Crippen MR) is 107 cm³/mol. The van der Waals surface area contributed by atoms with Crippen molar-refractivity contribution < 1.29 is 5.11 Å². The van der Waals surface area contributed by atoms with Gasteiger partial charge in [0.25, 0.3) is 0 Å². The summed E-state index contributed by atoms with van der Waals surface area (Å²) in [6.45, 7) is 1.06. The molecule has 2 aromatic rings. The summed E-state index contributed by atoms with van der Waals surface area (Å²) in [6, 6.07) is 10.8. The van der Waals surface area contributed by atoms with Gasteiger partial charge < -0.3 is 10.0 Å². The molecule has 1 aromatic heterocycles. The molecule has 0 unspecified atom stereocenters. The molecule has 0 amide bonds. The molecule has 1 aliphatic heterocycles. The van der Waals surface area contributed by atoms with Crippen LogP contribution < -0.4 is 0 Å². The van der Waals surface area contributed by atoms with E-state index in [-0.39, 0.29) is 5.92 Å². The molecule has 1 saturated carbocycles. The van der Waals surface area contributed by atoms with Gasteiger partial charge in [-0.3, -0.25) is 0 Å². The fourth-order valence-electron chi connectivity index (χ4n) is 4.84. The molecule has 2 nitrogen and oxygen atoms in total. The molecule has 0 bridgehead atoms. The molecule has 3 atom stereocenters. The number of benzene rings is 1. The molecule has 4 rings (SSSR count). The van der Waals surface area contributed by atoms with Gasteiger partial charge in [-0.25, -0.2) is 0 Å². The topological polar surface area (TPSA) is 23.5 Å². The molecular formula is C21H27NOS2. The maximum absolute atomic E-state index is 12.3. The standard InChI is InChI=1S/C21H27NOS2/c1-22(2)13-15-7-3-5-9-17(15)21(23)18-10-6-4-8-16(18)14-25-20-19(21)11-12-24-20/h4,6,8,10-12,15,17,23H,3,5,7,9,13-14H2,1-2H3/t15-,17-,21-/m0/s1. The number of hydrogen-bond donors (Lipinski definition) is 1. The van der Waals surface area contributed by atoms with Crippen molar-refractivity contribution in [1.29, 1.82) is 0 Å². The van der Waals surface area contributed by atoms with Crippen molar-refractivity contribution in [1.82, 2.24) is 4.90 Å². The van der Waals surface area contributed by atoms with E-state index in [1.54, 1.807) is 11.3 Å². The average molecular weight is 374 g/mol. The molecule has 4 heteroatoms. The van der Waals surface area contributed by atoms with Gasteiger partial charge in [0.05, 0.1) is 4.21 Å². The molecule has 2 aliphatic rings. The fraction of sp³-hybridized carbons (Fsp3) is 0.524. The lowest BCUT2D eigenvalue weighted by Gasteiger charge is -2.45. The summed E-state index contributed by atoms with van der Waals surface area (Å²) in [6.07, 6.45) is 4.85. The normalized spacial score (nSPS) is 29.1. The first-order valence-electron chi connectivity index (χ1n) is 9.27. The van der Waals surface area contributed by atoms with Gasteiger partial charge >= 0.3 is 0 Å². The van der Waals surface area contributed by atoms with Crippen LogP contribution in [0.25, 0.3) is 0 Å². The van der Waals surface area contributed by atoms with E-state index < -0.39 is 5.60 Å². The highest BCUT2D eigenvalue weighted by molar-refractivity contribution is 8.00. The number of rotatable bonds is 3. The minimum Gasteiger partial charge on any atom is -0.380 e. The number of nitrogens with zero attached hydrogens (tertiary/aromatic N) is 1. The number of hydrogen-bond acceptors (Lipinski definition) is 4. The maximum Gasteiger partial charge on any atom is 0.120 e. The van der Waals surface area contributed by atoms with E-state index in [0.29, 0.717) is 5.92 Å². The molecule has 0 radical (unpaired) electrons. The Morgan fingerprint density at radius 2 is 1.92 bits per heavy atom. The van der Waals surface area contributed by atoms with Crippen LogP contribution in [0, 0.1) is 11.8 Å². The third-order valence-corrected chi connectivity index (χ3v) is 8.16. The molecule has 2 heterocycles. The van der Waals surface area contributed by atoms with Crippen molar-refractivity contribution in [3.8, 4) is 0 Å². The Kier molecular flexibility index (Phi) is 4.98. The highest BCUT2D eigenvalue weighted by Crippen LogP contribution is 2.53. The lowest BCUT2D eigenvalue weighted by Crippen LogP contribution is -2.45. The first-order valence-corrected chi connectivity index (χ1v) is 11.1. The molecule has 1 N–H and O–H groups in total. The van der Waals surface area contributed by atoms with Gasteiger partial charge in [0.1, 0.15) is 5.60 Å². The molecule has 0 saturated heterocycles. The van der Waals surface area contributed by atoms with Crippen LogP contribution in [0.4, 0.5) is 0 Å². The largest absolute Gasteiger partial charge is 0.380 e. The van der Waals surface area contributed by atoms with Crippen LogP contribution >= 0.6 is 23.1 Å². The predicted octanol–water partition coefficient (Wildman–Crippen LogP) is 4.96.